The molecule has 1 aliphatic rings. The molecule has 2 aromatic rings. The molecule has 0 heteroatoms. The van der Waals surface area contributed by atoms with Crippen molar-refractivity contribution in [3.8, 4) is 0 Å². The Hall–Kier alpha value is -1.56. The highest BCUT2D eigenvalue weighted by atomic mass is 14.6. The van der Waals surface area contributed by atoms with Crippen LogP contribution in [0.1, 0.15) is 84.1 Å². The van der Waals surface area contributed by atoms with E-state index in [4.69, 9.17) is 0 Å². The van der Waals surface area contributed by atoms with Gasteiger partial charge in [-0.05, 0) is 56.8 Å². The average molecular weight is 349 g/mol. The largest absolute Gasteiger partial charge is 0.0620 e. The number of benzene rings is 2. The van der Waals surface area contributed by atoms with Crippen molar-refractivity contribution < 1.29 is 0 Å². The van der Waals surface area contributed by atoms with E-state index in [0.29, 0.717) is 0 Å². The summed E-state index contributed by atoms with van der Waals surface area (Å²) in [4.78, 5) is 0. The zero-order valence-corrected chi connectivity index (χ0v) is 18.0. The topological polar surface area (TPSA) is 0 Å². The summed E-state index contributed by atoms with van der Waals surface area (Å²) in [5.74, 6) is 0. The molecule has 1 atom stereocenters. The van der Waals surface area contributed by atoms with Gasteiger partial charge in [0.1, 0.15) is 0 Å². The van der Waals surface area contributed by atoms with Crippen LogP contribution in [-0.2, 0) is 22.7 Å². The number of rotatable bonds is 3. The minimum Gasteiger partial charge on any atom is -0.0620 e. The third-order valence-corrected chi connectivity index (χ3v) is 7.00. The van der Waals surface area contributed by atoms with Crippen molar-refractivity contribution >= 4 is 0 Å². The Balaban J connectivity index is 2.05. The maximum atomic E-state index is 2.50. The van der Waals surface area contributed by atoms with Crippen molar-refractivity contribution in [1.82, 2.24) is 0 Å². The Morgan fingerprint density at radius 1 is 0.769 bits per heavy atom. The first-order valence-corrected chi connectivity index (χ1v) is 10.1. The van der Waals surface area contributed by atoms with E-state index in [9.17, 15) is 0 Å². The fraction of sp³-hybridized carbons (Fsp3) is 0.538. The van der Waals surface area contributed by atoms with Gasteiger partial charge in [-0.1, -0.05) is 104 Å². The molecule has 0 aliphatic heterocycles. The van der Waals surface area contributed by atoms with Crippen molar-refractivity contribution in [2.75, 3.05) is 0 Å². The average Bonchev–Trinajstić information content (AvgIpc) is 2.75. The summed E-state index contributed by atoms with van der Waals surface area (Å²) in [6.45, 7) is 19.3. The van der Waals surface area contributed by atoms with Gasteiger partial charge in [-0.15, -0.1) is 0 Å². The van der Waals surface area contributed by atoms with Gasteiger partial charge in [0.05, 0.1) is 0 Å². The number of hydrogen-bond donors (Lipinski definition) is 0. The second kappa shape index (κ2) is 5.98. The number of hydrogen-bond acceptors (Lipinski definition) is 0. The van der Waals surface area contributed by atoms with Crippen LogP contribution in [0.3, 0.4) is 0 Å². The maximum Gasteiger partial charge on any atom is -0.000979 e. The fourth-order valence-corrected chi connectivity index (χ4v) is 5.31. The lowest BCUT2D eigenvalue weighted by atomic mass is 9.59. The minimum absolute atomic E-state index is 0.179. The Bertz CT molecular complexity index is 801. The SMILES string of the molecule is CC(C)(C)c1ccccc1CC(C)(C)C1(C)CC(C)(C)c2ccccc21. The van der Waals surface area contributed by atoms with E-state index in [-0.39, 0.29) is 21.7 Å². The summed E-state index contributed by atoms with van der Waals surface area (Å²) in [5, 5.41) is 0. The molecule has 0 saturated heterocycles. The highest BCUT2D eigenvalue weighted by Gasteiger charge is 2.52. The van der Waals surface area contributed by atoms with Gasteiger partial charge < -0.3 is 0 Å². The van der Waals surface area contributed by atoms with Crippen LogP contribution < -0.4 is 0 Å². The summed E-state index contributed by atoms with van der Waals surface area (Å²) in [6, 6.07) is 18.2. The third-order valence-electron chi connectivity index (χ3n) is 7.00. The van der Waals surface area contributed by atoms with Crippen molar-refractivity contribution in [3.05, 3.63) is 70.8 Å². The van der Waals surface area contributed by atoms with E-state index in [1.807, 2.05) is 0 Å². The van der Waals surface area contributed by atoms with E-state index in [2.05, 4.69) is 104 Å². The maximum absolute atomic E-state index is 2.50. The van der Waals surface area contributed by atoms with Crippen molar-refractivity contribution in [2.24, 2.45) is 5.41 Å². The van der Waals surface area contributed by atoms with Gasteiger partial charge in [0, 0.05) is 0 Å². The van der Waals surface area contributed by atoms with E-state index in [1.54, 1.807) is 11.1 Å². The molecule has 0 amide bonds. The molecule has 3 rings (SSSR count). The van der Waals surface area contributed by atoms with Crippen LogP contribution in [0.4, 0.5) is 0 Å². The molecule has 0 radical (unpaired) electrons. The Labute approximate surface area is 161 Å². The third kappa shape index (κ3) is 3.02. The fourth-order valence-electron chi connectivity index (χ4n) is 5.31. The monoisotopic (exact) mass is 348 g/mol. The first-order valence-electron chi connectivity index (χ1n) is 10.1. The lowest BCUT2D eigenvalue weighted by Crippen LogP contribution is -2.40. The summed E-state index contributed by atoms with van der Waals surface area (Å²) >= 11 is 0. The molecular formula is C26H36. The second-order valence-corrected chi connectivity index (χ2v) is 10.9. The Morgan fingerprint density at radius 3 is 1.92 bits per heavy atom. The Morgan fingerprint density at radius 2 is 1.31 bits per heavy atom. The van der Waals surface area contributed by atoms with Crippen LogP contribution in [-0.4, -0.2) is 0 Å². The van der Waals surface area contributed by atoms with Crippen LogP contribution in [0.25, 0.3) is 0 Å². The summed E-state index contributed by atoms with van der Waals surface area (Å²) in [6.07, 6.45) is 2.32. The molecule has 0 nitrogen and oxygen atoms in total. The molecule has 2 aromatic carbocycles. The molecule has 0 heterocycles. The summed E-state index contributed by atoms with van der Waals surface area (Å²) < 4.78 is 0. The van der Waals surface area contributed by atoms with E-state index >= 15 is 0 Å². The quantitative estimate of drug-likeness (QED) is 0.550. The highest BCUT2D eigenvalue weighted by Crippen LogP contribution is 2.58. The molecule has 0 spiro atoms. The van der Waals surface area contributed by atoms with Crippen LogP contribution in [0.15, 0.2) is 48.5 Å². The normalized spacial score (nSPS) is 22.3. The van der Waals surface area contributed by atoms with Gasteiger partial charge in [-0.3, -0.25) is 0 Å². The van der Waals surface area contributed by atoms with Gasteiger partial charge in [0.15, 0.2) is 0 Å². The van der Waals surface area contributed by atoms with Crippen molar-refractivity contribution in [3.63, 3.8) is 0 Å². The van der Waals surface area contributed by atoms with Crippen LogP contribution in [0.2, 0.25) is 0 Å². The molecule has 0 fully saturated rings. The summed E-state index contributed by atoms with van der Waals surface area (Å²) in [7, 11) is 0. The van der Waals surface area contributed by atoms with Gasteiger partial charge in [0.2, 0.25) is 0 Å². The van der Waals surface area contributed by atoms with Crippen LogP contribution >= 0.6 is 0 Å². The minimum atomic E-state index is 0.179. The second-order valence-electron chi connectivity index (χ2n) is 10.9. The lowest BCUT2D eigenvalue weighted by molar-refractivity contribution is 0.156. The van der Waals surface area contributed by atoms with Crippen LogP contribution in [0, 0.1) is 5.41 Å². The van der Waals surface area contributed by atoms with E-state index < -0.39 is 0 Å². The van der Waals surface area contributed by atoms with Crippen molar-refractivity contribution in [1.29, 1.82) is 0 Å². The van der Waals surface area contributed by atoms with E-state index in [0.717, 1.165) is 6.42 Å². The standard InChI is InChI=1S/C26H36/c1-23(2,3)20-14-10-9-13-19(20)17-25(6,7)26(8)18-24(4,5)21-15-11-12-16-22(21)26/h9-16H,17-18H2,1-8H3. The first kappa shape index (κ1) is 19.2. The van der Waals surface area contributed by atoms with Gasteiger partial charge in [0.25, 0.3) is 0 Å². The number of fused-ring (bicyclic) bond motifs is 1. The molecular weight excluding hydrogens is 312 g/mol. The molecule has 140 valence electrons. The molecule has 26 heavy (non-hydrogen) atoms. The summed E-state index contributed by atoms with van der Waals surface area (Å²) in [5.41, 5.74) is 6.88. The first-order chi connectivity index (χ1) is 11.9. The van der Waals surface area contributed by atoms with Gasteiger partial charge in [-0.25, -0.2) is 0 Å². The predicted molar refractivity (Wildman–Crippen MR) is 114 cm³/mol. The van der Waals surface area contributed by atoms with Gasteiger partial charge in [-0.2, -0.15) is 0 Å². The Kier molecular flexibility index (Phi) is 4.42. The highest BCUT2D eigenvalue weighted by molar-refractivity contribution is 5.47. The smallest absolute Gasteiger partial charge is 0.000979 e. The molecule has 0 N–H and O–H groups in total. The van der Waals surface area contributed by atoms with Gasteiger partial charge >= 0.3 is 0 Å². The molecule has 1 aliphatic carbocycles. The predicted octanol–water partition coefficient (Wildman–Crippen LogP) is 7.19. The molecule has 0 saturated carbocycles. The van der Waals surface area contributed by atoms with Crippen LogP contribution in [0.5, 0.6) is 0 Å². The zero-order chi connectivity index (χ0) is 19.4. The zero-order valence-electron chi connectivity index (χ0n) is 18.0. The lowest BCUT2D eigenvalue weighted by Gasteiger charge is -2.44. The molecule has 0 bridgehead atoms. The molecule has 0 aromatic heterocycles. The molecule has 1 unspecified atom stereocenters. The van der Waals surface area contributed by atoms with E-state index in [1.165, 1.54) is 17.5 Å². The van der Waals surface area contributed by atoms with Crippen molar-refractivity contribution in [2.45, 2.75) is 84.5 Å².